The van der Waals surface area contributed by atoms with Gasteiger partial charge >= 0.3 is 0 Å². The zero-order valence-corrected chi connectivity index (χ0v) is 7.11. The Morgan fingerprint density at radius 2 is 2.33 bits per heavy atom. The number of hydrogen-bond acceptors (Lipinski definition) is 1. The molecule has 0 bridgehead atoms. The molecule has 0 spiro atoms. The SMILES string of the molecule is CC1CP(C)C2OC12C. The number of hydrogen-bond donors (Lipinski definition) is 0. The van der Waals surface area contributed by atoms with Gasteiger partial charge in [-0.25, -0.2) is 0 Å². The lowest BCUT2D eigenvalue weighted by Crippen LogP contribution is -2.15. The predicted molar refractivity (Wildman–Crippen MR) is 40.2 cm³/mol. The van der Waals surface area contributed by atoms with Crippen molar-refractivity contribution in [1.82, 2.24) is 0 Å². The fourth-order valence-electron chi connectivity index (χ4n) is 1.80. The van der Waals surface area contributed by atoms with Crippen LogP contribution in [0.1, 0.15) is 13.8 Å². The van der Waals surface area contributed by atoms with E-state index in [-0.39, 0.29) is 7.92 Å². The molecule has 0 amide bonds. The first-order valence-electron chi connectivity index (χ1n) is 3.52. The minimum Gasteiger partial charge on any atom is -0.361 e. The van der Waals surface area contributed by atoms with Crippen LogP contribution in [0.4, 0.5) is 0 Å². The zero-order valence-electron chi connectivity index (χ0n) is 6.22. The topological polar surface area (TPSA) is 12.5 Å². The third-order valence-electron chi connectivity index (χ3n) is 2.74. The van der Waals surface area contributed by atoms with E-state index in [2.05, 4.69) is 20.5 Å². The molecule has 2 aliphatic rings. The van der Waals surface area contributed by atoms with E-state index in [4.69, 9.17) is 4.74 Å². The predicted octanol–water partition coefficient (Wildman–Crippen LogP) is 1.86. The van der Waals surface area contributed by atoms with Crippen molar-refractivity contribution < 1.29 is 4.74 Å². The fourth-order valence-corrected chi connectivity index (χ4v) is 4.76. The van der Waals surface area contributed by atoms with Crippen LogP contribution in [-0.2, 0) is 4.74 Å². The molecule has 2 fully saturated rings. The van der Waals surface area contributed by atoms with Crippen LogP contribution in [0.3, 0.4) is 0 Å². The normalized spacial score (nSPS) is 63.7. The summed E-state index contributed by atoms with van der Waals surface area (Å²) in [4.78, 5) is 0. The lowest BCUT2D eigenvalue weighted by Gasteiger charge is -2.10. The third-order valence-corrected chi connectivity index (χ3v) is 5.28. The van der Waals surface area contributed by atoms with Gasteiger partial charge in [-0.3, -0.25) is 0 Å². The number of fused-ring (bicyclic) bond motifs is 1. The Bertz CT molecular complexity index is 144. The summed E-state index contributed by atoms with van der Waals surface area (Å²) in [6, 6.07) is 0. The summed E-state index contributed by atoms with van der Waals surface area (Å²) in [5.74, 6) is 1.49. The van der Waals surface area contributed by atoms with Gasteiger partial charge in [0.2, 0.25) is 0 Å². The van der Waals surface area contributed by atoms with Crippen molar-refractivity contribution in [2.24, 2.45) is 5.92 Å². The van der Waals surface area contributed by atoms with Crippen molar-refractivity contribution in [2.45, 2.75) is 25.3 Å². The molecule has 2 heterocycles. The van der Waals surface area contributed by atoms with Crippen LogP contribution in [0, 0.1) is 5.92 Å². The summed E-state index contributed by atoms with van der Waals surface area (Å²) in [6.07, 6.45) is 1.43. The molecule has 0 saturated carbocycles. The quantitative estimate of drug-likeness (QED) is 0.373. The minimum absolute atomic E-state index is 0.238. The summed E-state index contributed by atoms with van der Waals surface area (Å²) in [5, 5.41) is 0. The fraction of sp³-hybridized carbons (Fsp3) is 1.00. The van der Waals surface area contributed by atoms with Gasteiger partial charge in [0.1, 0.15) is 5.85 Å². The second-order valence-electron chi connectivity index (χ2n) is 3.49. The van der Waals surface area contributed by atoms with Gasteiger partial charge in [-0.15, -0.1) is 0 Å². The van der Waals surface area contributed by atoms with Crippen molar-refractivity contribution >= 4 is 7.92 Å². The van der Waals surface area contributed by atoms with Crippen molar-refractivity contribution in [2.75, 3.05) is 12.8 Å². The van der Waals surface area contributed by atoms with E-state index in [1.54, 1.807) is 0 Å². The highest BCUT2D eigenvalue weighted by Gasteiger charge is 2.63. The van der Waals surface area contributed by atoms with Crippen LogP contribution in [0.2, 0.25) is 0 Å². The first kappa shape index (κ1) is 6.12. The summed E-state index contributed by atoms with van der Waals surface area (Å²) >= 11 is 0. The number of rotatable bonds is 0. The van der Waals surface area contributed by atoms with Crippen molar-refractivity contribution in [1.29, 1.82) is 0 Å². The summed E-state index contributed by atoms with van der Waals surface area (Å²) in [7, 11) is 0.238. The number of ether oxygens (including phenoxy) is 1. The molecule has 9 heavy (non-hydrogen) atoms. The van der Waals surface area contributed by atoms with E-state index in [9.17, 15) is 0 Å². The summed E-state index contributed by atoms with van der Waals surface area (Å²) in [6.45, 7) is 6.93. The molecule has 2 aliphatic heterocycles. The molecule has 1 nitrogen and oxygen atoms in total. The van der Waals surface area contributed by atoms with Crippen molar-refractivity contribution in [3.8, 4) is 0 Å². The van der Waals surface area contributed by atoms with Crippen molar-refractivity contribution in [3.05, 3.63) is 0 Å². The molecular weight excluding hydrogens is 131 g/mol. The second kappa shape index (κ2) is 1.52. The Labute approximate surface area is 57.5 Å². The van der Waals surface area contributed by atoms with E-state index < -0.39 is 0 Å². The van der Waals surface area contributed by atoms with Crippen LogP contribution in [0.15, 0.2) is 0 Å². The highest BCUT2D eigenvalue weighted by molar-refractivity contribution is 7.58. The molecule has 0 N–H and O–H groups in total. The van der Waals surface area contributed by atoms with Crippen molar-refractivity contribution in [3.63, 3.8) is 0 Å². The van der Waals surface area contributed by atoms with Gasteiger partial charge < -0.3 is 4.74 Å². The van der Waals surface area contributed by atoms with Gasteiger partial charge in [-0.1, -0.05) is 14.8 Å². The molecule has 2 saturated heterocycles. The maximum atomic E-state index is 5.59. The number of epoxide rings is 1. The molecule has 4 unspecified atom stereocenters. The van der Waals surface area contributed by atoms with Gasteiger partial charge in [-0.05, 0) is 25.7 Å². The van der Waals surface area contributed by atoms with Crippen LogP contribution in [-0.4, -0.2) is 24.3 Å². The Morgan fingerprint density at radius 1 is 1.67 bits per heavy atom. The maximum Gasteiger partial charge on any atom is 0.106 e. The first-order valence-corrected chi connectivity index (χ1v) is 5.57. The molecule has 2 rings (SSSR count). The van der Waals surface area contributed by atoms with Crippen LogP contribution >= 0.6 is 7.92 Å². The Balaban J connectivity index is 2.19. The Kier molecular flexibility index (Phi) is 1.03. The highest BCUT2D eigenvalue weighted by Crippen LogP contribution is 2.67. The average molecular weight is 144 g/mol. The molecule has 0 aliphatic carbocycles. The molecule has 4 atom stereocenters. The van der Waals surface area contributed by atoms with E-state index in [0.717, 1.165) is 5.92 Å². The maximum absolute atomic E-state index is 5.59. The standard InChI is InChI=1S/C7H13OP/c1-5-4-9(3)6-7(5,2)8-6/h5-6H,4H2,1-3H3. The van der Waals surface area contributed by atoms with E-state index >= 15 is 0 Å². The van der Waals surface area contributed by atoms with Gasteiger partial charge in [0.05, 0.1) is 5.60 Å². The minimum atomic E-state index is 0.238. The molecule has 0 aromatic carbocycles. The van der Waals surface area contributed by atoms with Crippen LogP contribution in [0.25, 0.3) is 0 Å². The zero-order chi connectivity index (χ0) is 6.65. The van der Waals surface area contributed by atoms with E-state index in [1.807, 2.05) is 0 Å². The molecule has 0 aromatic rings. The summed E-state index contributed by atoms with van der Waals surface area (Å²) < 4.78 is 5.59. The lowest BCUT2D eigenvalue weighted by molar-refractivity contribution is 0.256. The van der Waals surface area contributed by atoms with E-state index in [1.165, 1.54) is 6.16 Å². The molecule has 2 heteroatoms. The van der Waals surface area contributed by atoms with Gasteiger partial charge in [0, 0.05) is 0 Å². The summed E-state index contributed by atoms with van der Waals surface area (Å²) in [5.41, 5.74) is 0.320. The Hall–Kier alpha value is 0.390. The molecule has 0 aromatic heterocycles. The largest absolute Gasteiger partial charge is 0.361 e. The Morgan fingerprint density at radius 3 is 2.44 bits per heavy atom. The monoisotopic (exact) mass is 144 g/mol. The van der Waals surface area contributed by atoms with E-state index in [0.29, 0.717) is 11.4 Å². The van der Waals surface area contributed by atoms with Gasteiger partial charge in [0.15, 0.2) is 0 Å². The molecule has 52 valence electrons. The van der Waals surface area contributed by atoms with Gasteiger partial charge in [-0.2, -0.15) is 0 Å². The smallest absolute Gasteiger partial charge is 0.106 e. The molecule has 0 radical (unpaired) electrons. The second-order valence-corrected chi connectivity index (χ2v) is 5.84. The molecular formula is C7H13OP. The highest BCUT2D eigenvalue weighted by atomic mass is 31.1. The van der Waals surface area contributed by atoms with Gasteiger partial charge in [0.25, 0.3) is 0 Å². The first-order chi connectivity index (χ1) is 4.14. The lowest BCUT2D eigenvalue weighted by atomic mass is 10.00. The van der Waals surface area contributed by atoms with Crippen LogP contribution < -0.4 is 0 Å². The van der Waals surface area contributed by atoms with Crippen LogP contribution in [0.5, 0.6) is 0 Å². The average Bonchev–Trinajstić information content (AvgIpc) is 2.38. The third kappa shape index (κ3) is 0.626.